The molecule has 1 aromatic rings. The van der Waals surface area contributed by atoms with Crippen molar-refractivity contribution >= 4 is 11.8 Å². The van der Waals surface area contributed by atoms with E-state index in [1.807, 2.05) is 6.92 Å². The molecule has 0 saturated carbocycles. The van der Waals surface area contributed by atoms with Crippen molar-refractivity contribution in [2.75, 3.05) is 13.7 Å². The van der Waals surface area contributed by atoms with Crippen LogP contribution in [0.1, 0.15) is 25.0 Å². The molecule has 1 N–H and O–H groups in total. The molecule has 1 aromatic carbocycles. The number of aliphatic hydroxyl groups excluding tert-OH is 1. The number of hydrogen-bond acceptors (Lipinski definition) is 3. The lowest BCUT2D eigenvalue weighted by Crippen LogP contribution is -2.16. The van der Waals surface area contributed by atoms with Gasteiger partial charge in [0.25, 0.3) is 0 Å². The molecule has 1 unspecified atom stereocenters. The van der Waals surface area contributed by atoms with E-state index in [0.717, 1.165) is 11.3 Å². The minimum absolute atomic E-state index is 0.215. The van der Waals surface area contributed by atoms with Gasteiger partial charge in [0, 0.05) is 10.1 Å². The van der Waals surface area contributed by atoms with Crippen LogP contribution in [0.3, 0.4) is 0 Å². The zero-order valence-electron chi connectivity index (χ0n) is 11.3. The van der Waals surface area contributed by atoms with Crippen molar-refractivity contribution in [2.24, 2.45) is 5.92 Å². The summed E-state index contributed by atoms with van der Waals surface area (Å²) in [6.45, 7) is 8.62. The third kappa shape index (κ3) is 3.65. The summed E-state index contributed by atoms with van der Waals surface area (Å²) in [6.07, 6.45) is 0. The van der Waals surface area contributed by atoms with Crippen molar-refractivity contribution in [1.82, 2.24) is 0 Å². The van der Waals surface area contributed by atoms with Crippen molar-refractivity contribution in [1.29, 1.82) is 0 Å². The second-order valence-corrected chi connectivity index (χ2v) is 5.95. The SMILES string of the molecule is COc1cc(C)c(SC(CO)C(C)C)cc1C. The van der Waals surface area contributed by atoms with E-state index in [4.69, 9.17) is 4.74 Å². The van der Waals surface area contributed by atoms with E-state index < -0.39 is 0 Å². The summed E-state index contributed by atoms with van der Waals surface area (Å²) in [6, 6.07) is 4.20. The Hall–Kier alpha value is -0.670. The Kier molecular flexibility index (Phi) is 5.34. The van der Waals surface area contributed by atoms with Crippen LogP contribution in [0.2, 0.25) is 0 Å². The molecule has 0 spiro atoms. The fraction of sp³-hybridized carbons (Fsp3) is 0.571. The molecule has 0 saturated heterocycles. The van der Waals surface area contributed by atoms with Gasteiger partial charge in [-0.15, -0.1) is 11.8 Å². The topological polar surface area (TPSA) is 29.5 Å². The van der Waals surface area contributed by atoms with Crippen LogP contribution < -0.4 is 4.74 Å². The van der Waals surface area contributed by atoms with Crippen LogP contribution in [-0.4, -0.2) is 24.1 Å². The van der Waals surface area contributed by atoms with E-state index in [0.29, 0.717) is 5.92 Å². The second-order valence-electron chi connectivity index (χ2n) is 4.67. The van der Waals surface area contributed by atoms with Crippen molar-refractivity contribution in [3.8, 4) is 5.75 Å². The first kappa shape index (κ1) is 14.4. The highest BCUT2D eigenvalue weighted by atomic mass is 32.2. The van der Waals surface area contributed by atoms with Crippen LogP contribution in [0.5, 0.6) is 5.75 Å². The number of thioether (sulfide) groups is 1. The largest absolute Gasteiger partial charge is 0.496 e. The third-order valence-electron chi connectivity index (χ3n) is 2.89. The van der Waals surface area contributed by atoms with Gasteiger partial charge in [0.1, 0.15) is 5.75 Å². The van der Waals surface area contributed by atoms with Gasteiger partial charge in [-0.05, 0) is 43.0 Å². The van der Waals surface area contributed by atoms with Gasteiger partial charge >= 0.3 is 0 Å². The van der Waals surface area contributed by atoms with Gasteiger partial charge < -0.3 is 9.84 Å². The van der Waals surface area contributed by atoms with Crippen LogP contribution in [0.25, 0.3) is 0 Å². The molecule has 0 fully saturated rings. The summed E-state index contributed by atoms with van der Waals surface area (Å²) in [5.41, 5.74) is 2.34. The number of aryl methyl sites for hydroxylation is 2. The third-order valence-corrected chi connectivity index (χ3v) is 4.58. The van der Waals surface area contributed by atoms with Crippen molar-refractivity contribution in [2.45, 2.75) is 37.8 Å². The van der Waals surface area contributed by atoms with Crippen molar-refractivity contribution < 1.29 is 9.84 Å². The number of hydrogen-bond donors (Lipinski definition) is 1. The lowest BCUT2D eigenvalue weighted by Gasteiger charge is -2.19. The number of methoxy groups -OCH3 is 1. The lowest BCUT2D eigenvalue weighted by atomic mass is 10.1. The van der Waals surface area contributed by atoms with Crippen LogP contribution in [0.4, 0.5) is 0 Å². The summed E-state index contributed by atoms with van der Waals surface area (Å²) in [7, 11) is 1.69. The van der Waals surface area contributed by atoms with E-state index in [9.17, 15) is 5.11 Å². The molecule has 1 atom stereocenters. The molecule has 0 radical (unpaired) electrons. The Labute approximate surface area is 108 Å². The summed E-state index contributed by atoms with van der Waals surface area (Å²) >= 11 is 1.75. The standard InChI is InChI=1S/C14H22O2S/c1-9(2)14(8-15)17-13-7-10(3)12(16-5)6-11(13)4/h6-7,9,14-15H,8H2,1-5H3. The van der Waals surface area contributed by atoms with Crippen LogP contribution in [0.15, 0.2) is 17.0 Å². The number of benzene rings is 1. The maximum absolute atomic E-state index is 9.37. The monoisotopic (exact) mass is 254 g/mol. The molecule has 0 amide bonds. The summed E-state index contributed by atoms with van der Waals surface area (Å²) in [5.74, 6) is 1.39. The van der Waals surface area contributed by atoms with Gasteiger partial charge in [-0.25, -0.2) is 0 Å². The van der Waals surface area contributed by atoms with Crippen LogP contribution in [0, 0.1) is 19.8 Å². The molecule has 2 nitrogen and oxygen atoms in total. The maximum Gasteiger partial charge on any atom is 0.122 e. The zero-order valence-corrected chi connectivity index (χ0v) is 12.1. The lowest BCUT2D eigenvalue weighted by molar-refractivity contribution is 0.275. The molecule has 17 heavy (non-hydrogen) atoms. The molecule has 0 heterocycles. The first-order valence-electron chi connectivity index (χ1n) is 5.92. The van der Waals surface area contributed by atoms with E-state index in [-0.39, 0.29) is 11.9 Å². The molecule has 0 aliphatic rings. The molecule has 3 heteroatoms. The van der Waals surface area contributed by atoms with E-state index in [1.54, 1.807) is 18.9 Å². The smallest absolute Gasteiger partial charge is 0.122 e. The van der Waals surface area contributed by atoms with Crippen molar-refractivity contribution in [3.63, 3.8) is 0 Å². The number of rotatable bonds is 5. The molecule has 0 aromatic heterocycles. The minimum atomic E-state index is 0.215. The van der Waals surface area contributed by atoms with E-state index in [1.165, 1.54) is 10.5 Å². The van der Waals surface area contributed by atoms with Gasteiger partial charge in [-0.2, -0.15) is 0 Å². The molecule has 0 bridgehead atoms. The molecular formula is C14H22O2S. The van der Waals surface area contributed by atoms with Crippen LogP contribution >= 0.6 is 11.8 Å². The highest BCUT2D eigenvalue weighted by Gasteiger charge is 2.15. The molecule has 0 aliphatic carbocycles. The van der Waals surface area contributed by atoms with E-state index in [2.05, 4.69) is 32.9 Å². The van der Waals surface area contributed by atoms with Gasteiger partial charge in [-0.3, -0.25) is 0 Å². The molecular weight excluding hydrogens is 232 g/mol. The number of ether oxygens (including phenoxy) is 1. The molecule has 96 valence electrons. The summed E-state index contributed by atoms with van der Waals surface area (Å²) in [4.78, 5) is 1.23. The Balaban J connectivity index is 2.95. The Morgan fingerprint density at radius 1 is 1.24 bits per heavy atom. The summed E-state index contributed by atoms with van der Waals surface area (Å²) in [5, 5.41) is 9.62. The van der Waals surface area contributed by atoms with Crippen molar-refractivity contribution in [3.05, 3.63) is 23.3 Å². The fourth-order valence-electron chi connectivity index (χ4n) is 1.66. The van der Waals surface area contributed by atoms with Crippen LogP contribution in [-0.2, 0) is 0 Å². The molecule has 1 rings (SSSR count). The predicted octanol–water partition coefficient (Wildman–Crippen LogP) is 3.42. The quantitative estimate of drug-likeness (QED) is 0.816. The fourth-order valence-corrected chi connectivity index (χ4v) is 2.82. The predicted molar refractivity (Wildman–Crippen MR) is 74.0 cm³/mol. The Morgan fingerprint density at radius 2 is 1.88 bits per heavy atom. The highest BCUT2D eigenvalue weighted by Crippen LogP contribution is 2.34. The first-order chi connectivity index (χ1) is 7.99. The summed E-state index contributed by atoms with van der Waals surface area (Å²) < 4.78 is 5.30. The highest BCUT2D eigenvalue weighted by molar-refractivity contribution is 8.00. The molecule has 0 aliphatic heterocycles. The average Bonchev–Trinajstić information content (AvgIpc) is 2.29. The first-order valence-corrected chi connectivity index (χ1v) is 6.80. The van der Waals surface area contributed by atoms with Gasteiger partial charge in [-0.1, -0.05) is 13.8 Å². The zero-order chi connectivity index (χ0) is 13.0. The van der Waals surface area contributed by atoms with Gasteiger partial charge in [0.05, 0.1) is 13.7 Å². The Bertz CT molecular complexity index is 375. The normalized spacial score (nSPS) is 12.9. The second kappa shape index (κ2) is 6.31. The number of aliphatic hydroxyl groups is 1. The van der Waals surface area contributed by atoms with E-state index >= 15 is 0 Å². The van der Waals surface area contributed by atoms with Gasteiger partial charge in [0.15, 0.2) is 0 Å². The maximum atomic E-state index is 9.37. The average molecular weight is 254 g/mol. The van der Waals surface area contributed by atoms with Gasteiger partial charge in [0.2, 0.25) is 0 Å². The minimum Gasteiger partial charge on any atom is -0.496 e. The Morgan fingerprint density at radius 3 is 2.35 bits per heavy atom.